The van der Waals surface area contributed by atoms with Crippen molar-refractivity contribution in [2.24, 2.45) is 5.14 Å². The Balaban J connectivity index is 2.77. The Bertz CT molecular complexity index is 771. The summed E-state index contributed by atoms with van der Waals surface area (Å²) in [6.45, 7) is 3.61. The lowest BCUT2D eigenvalue weighted by Gasteiger charge is -2.14. The normalized spacial score (nSPS) is 11.9. The van der Waals surface area contributed by atoms with Crippen LogP contribution in [0.3, 0.4) is 0 Å². The zero-order chi connectivity index (χ0) is 15.8. The van der Waals surface area contributed by atoms with E-state index in [9.17, 15) is 8.42 Å². The largest absolute Gasteiger partial charge is 0.496 e. The molecule has 9 heteroatoms. The van der Waals surface area contributed by atoms with Crippen LogP contribution in [0.5, 0.6) is 5.75 Å². The Morgan fingerprint density at radius 2 is 2.00 bits per heavy atom. The first-order valence-corrected chi connectivity index (χ1v) is 7.99. The number of ether oxygens (including phenoxy) is 1. The molecule has 0 saturated heterocycles. The second-order valence-electron chi connectivity index (χ2n) is 4.66. The number of methoxy groups -OCH3 is 1. The highest BCUT2D eigenvalue weighted by Gasteiger charge is 2.25. The fraction of sp³-hybridized carbons (Fsp3) is 0.333. The van der Waals surface area contributed by atoms with Crippen LogP contribution in [0.15, 0.2) is 23.4 Å². The van der Waals surface area contributed by atoms with Crippen molar-refractivity contribution in [3.05, 3.63) is 23.2 Å². The molecule has 0 aliphatic rings. The zero-order valence-electron chi connectivity index (χ0n) is 11.7. The minimum absolute atomic E-state index is 0.216. The number of hydrogen-bond donors (Lipinski definition) is 1. The summed E-state index contributed by atoms with van der Waals surface area (Å²) in [6, 6.07) is 4.76. The van der Waals surface area contributed by atoms with E-state index in [1.807, 2.05) is 0 Å². The van der Waals surface area contributed by atoms with Crippen molar-refractivity contribution in [3.8, 4) is 17.1 Å². The standard InChI is InChI=1S/C12H15ClN4O3S/c1-7(2)17-11(15-16-12(17)21(14,18)19)9-6-8(13)4-5-10(9)20-3/h4-7H,1-3H3,(H2,14,18,19). The topological polar surface area (TPSA) is 100 Å². The van der Waals surface area contributed by atoms with Gasteiger partial charge in [-0.2, -0.15) is 0 Å². The fourth-order valence-electron chi connectivity index (χ4n) is 1.98. The maximum atomic E-state index is 11.6. The third-order valence-electron chi connectivity index (χ3n) is 2.84. The molecule has 0 unspecified atom stereocenters. The van der Waals surface area contributed by atoms with Gasteiger partial charge in [0.15, 0.2) is 5.82 Å². The van der Waals surface area contributed by atoms with Crippen molar-refractivity contribution in [2.45, 2.75) is 25.0 Å². The van der Waals surface area contributed by atoms with Gasteiger partial charge in [-0.3, -0.25) is 4.57 Å². The van der Waals surface area contributed by atoms with Crippen LogP contribution in [-0.4, -0.2) is 30.3 Å². The van der Waals surface area contributed by atoms with Gasteiger partial charge in [0, 0.05) is 11.1 Å². The molecule has 1 aromatic carbocycles. The molecular formula is C12H15ClN4O3S. The fourth-order valence-corrected chi connectivity index (χ4v) is 2.87. The predicted molar refractivity (Wildman–Crippen MR) is 78.8 cm³/mol. The van der Waals surface area contributed by atoms with Crippen LogP contribution >= 0.6 is 11.6 Å². The number of halogens is 1. The molecule has 7 nitrogen and oxygen atoms in total. The predicted octanol–water partition coefficient (Wildman–Crippen LogP) is 1.84. The summed E-state index contributed by atoms with van der Waals surface area (Å²) in [5.74, 6) is 0.836. The highest BCUT2D eigenvalue weighted by Crippen LogP contribution is 2.33. The van der Waals surface area contributed by atoms with Gasteiger partial charge in [0.1, 0.15) is 5.75 Å². The number of primary sulfonamides is 1. The lowest BCUT2D eigenvalue weighted by Crippen LogP contribution is -2.20. The molecule has 0 atom stereocenters. The lowest BCUT2D eigenvalue weighted by molar-refractivity contribution is 0.415. The average Bonchev–Trinajstić information content (AvgIpc) is 2.83. The van der Waals surface area contributed by atoms with Crippen molar-refractivity contribution in [2.75, 3.05) is 7.11 Å². The number of rotatable bonds is 4. The van der Waals surface area contributed by atoms with Crippen molar-refractivity contribution in [1.29, 1.82) is 0 Å². The summed E-state index contributed by atoms with van der Waals surface area (Å²) in [7, 11) is -2.48. The van der Waals surface area contributed by atoms with E-state index < -0.39 is 10.0 Å². The second kappa shape index (κ2) is 5.63. The van der Waals surface area contributed by atoms with Gasteiger partial charge in [-0.1, -0.05) is 11.6 Å². The molecular weight excluding hydrogens is 316 g/mol. The van der Waals surface area contributed by atoms with Gasteiger partial charge < -0.3 is 4.74 Å². The van der Waals surface area contributed by atoms with Gasteiger partial charge >= 0.3 is 0 Å². The number of sulfonamides is 1. The van der Waals surface area contributed by atoms with E-state index in [4.69, 9.17) is 21.5 Å². The number of nitrogens with zero attached hydrogens (tertiary/aromatic N) is 3. The number of aromatic nitrogens is 3. The van der Waals surface area contributed by atoms with Crippen LogP contribution in [0.25, 0.3) is 11.4 Å². The minimum atomic E-state index is -3.98. The van der Waals surface area contributed by atoms with Gasteiger partial charge in [-0.15, -0.1) is 10.2 Å². The highest BCUT2D eigenvalue weighted by atomic mass is 35.5. The van der Waals surface area contributed by atoms with Crippen LogP contribution in [0.2, 0.25) is 5.02 Å². The molecule has 0 bridgehead atoms. The molecule has 0 aliphatic carbocycles. The Kier molecular flexibility index (Phi) is 4.22. The maximum Gasteiger partial charge on any atom is 0.273 e. The van der Waals surface area contributed by atoms with Gasteiger partial charge in [-0.25, -0.2) is 13.6 Å². The lowest BCUT2D eigenvalue weighted by atomic mass is 10.2. The first-order valence-electron chi connectivity index (χ1n) is 6.07. The van der Waals surface area contributed by atoms with Crippen molar-refractivity contribution in [3.63, 3.8) is 0 Å². The SMILES string of the molecule is COc1ccc(Cl)cc1-c1nnc(S(N)(=O)=O)n1C(C)C. The molecule has 0 fully saturated rings. The van der Waals surface area contributed by atoms with Gasteiger partial charge in [-0.05, 0) is 32.0 Å². The Hall–Kier alpha value is -1.64. The summed E-state index contributed by atoms with van der Waals surface area (Å²) in [5.41, 5.74) is 0.543. The van der Waals surface area contributed by atoms with Crippen molar-refractivity contribution < 1.29 is 13.2 Å². The molecule has 1 heterocycles. The van der Waals surface area contributed by atoms with E-state index in [1.165, 1.54) is 11.7 Å². The summed E-state index contributed by atoms with van der Waals surface area (Å²) in [5, 5.41) is 13.0. The molecule has 1 aromatic heterocycles. The molecule has 21 heavy (non-hydrogen) atoms. The zero-order valence-corrected chi connectivity index (χ0v) is 13.3. The number of benzene rings is 1. The molecule has 2 rings (SSSR count). The molecule has 0 aliphatic heterocycles. The smallest absolute Gasteiger partial charge is 0.273 e. The van der Waals surface area contributed by atoms with Gasteiger partial charge in [0.05, 0.1) is 12.7 Å². The highest BCUT2D eigenvalue weighted by molar-refractivity contribution is 7.89. The summed E-state index contributed by atoms with van der Waals surface area (Å²) in [4.78, 5) is 0. The van der Waals surface area contributed by atoms with Gasteiger partial charge in [0.25, 0.3) is 15.2 Å². The Morgan fingerprint density at radius 1 is 1.33 bits per heavy atom. The van der Waals surface area contributed by atoms with Crippen LogP contribution in [0, 0.1) is 0 Å². The Labute approximate surface area is 127 Å². The first kappa shape index (κ1) is 15.7. The molecule has 2 aromatic rings. The van der Waals surface area contributed by atoms with Gasteiger partial charge in [0.2, 0.25) is 0 Å². The summed E-state index contributed by atoms with van der Waals surface area (Å²) in [6.07, 6.45) is 0. The Morgan fingerprint density at radius 3 is 2.52 bits per heavy atom. The maximum absolute atomic E-state index is 11.6. The van der Waals surface area contributed by atoms with E-state index in [0.717, 1.165) is 0 Å². The molecule has 0 amide bonds. The average molecular weight is 331 g/mol. The van der Waals surface area contributed by atoms with Crippen LogP contribution in [0.1, 0.15) is 19.9 Å². The van der Waals surface area contributed by atoms with E-state index in [2.05, 4.69) is 10.2 Å². The van der Waals surface area contributed by atoms with Crippen LogP contribution < -0.4 is 9.88 Å². The number of hydrogen-bond acceptors (Lipinski definition) is 5. The van der Waals surface area contributed by atoms with Crippen LogP contribution in [-0.2, 0) is 10.0 Å². The first-order chi connectivity index (χ1) is 9.75. The summed E-state index contributed by atoms with van der Waals surface area (Å²) >= 11 is 6.00. The molecule has 0 saturated carbocycles. The molecule has 0 spiro atoms. The quantitative estimate of drug-likeness (QED) is 0.921. The molecule has 2 N–H and O–H groups in total. The van der Waals surface area contributed by atoms with E-state index in [0.29, 0.717) is 22.2 Å². The van der Waals surface area contributed by atoms with E-state index in [-0.39, 0.29) is 11.2 Å². The minimum Gasteiger partial charge on any atom is -0.496 e. The van der Waals surface area contributed by atoms with Crippen molar-refractivity contribution >= 4 is 21.6 Å². The summed E-state index contributed by atoms with van der Waals surface area (Å²) < 4.78 is 29.9. The monoisotopic (exact) mass is 330 g/mol. The van der Waals surface area contributed by atoms with E-state index >= 15 is 0 Å². The molecule has 0 radical (unpaired) electrons. The van der Waals surface area contributed by atoms with Crippen molar-refractivity contribution in [1.82, 2.24) is 14.8 Å². The van der Waals surface area contributed by atoms with E-state index in [1.54, 1.807) is 32.0 Å². The molecule has 114 valence electrons. The van der Waals surface area contributed by atoms with Crippen LogP contribution in [0.4, 0.5) is 0 Å². The third-order valence-corrected chi connectivity index (χ3v) is 3.86. The second-order valence-corrected chi connectivity index (χ2v) is 6.55. The number of nitrogens with two attached hydrogens (primary N) is 1. The third kappa shape index (κ3) is 3.02.